The molecule has 4 aromatic carbocycles. The summed E-state index contributed by atoms with van der Waals surface area (Å²) in [7, 11) is 2.74. The summed E-state index contributed by atoms with van der Waals surface area (Å²) in [6.45, 7) is 0. The molecule has 2 unspecified atom stereocenters. The van der Waals surface area contributed by atoms with Crippen LogP contribution in [-0.2, 0) is 8.37 Å². The molecule has 0 bridgehead atoms. The normalized spacial score (nSPS) is 21.2. The first-order valence-corrected chi connectivity index (χ1v) is 17.9. The second-order valence-electron chi connectivity index (χ2n) is 9.42. The van der Waals surface area contributed by atoms with Gasteiger partial charge in [-0.05, 0) is 44.9 Å². The Labute approximate surface area is 246 Å². The summed E-state index contributed by atoms with van der Waals surface area (Å²) in [5.41, 5.74) is 6.94. The molecule has 0 saturated heterocycles. The molecule has 4 heterocycles. The molecule has 4 aliphatic heterocycles. The lowest BCUT2D eigenvalue weighted by atomic mass is 9.91. The van der Waals surface area contributed by atoms with Crippen LogP contribution in [0.1, 0.15) is 22.3 Å². The van der Waals surface area contributed by atoms with Gasteiger partial charge in [0.15, 0.2) is 11.5 Å². The van der Waals surface area contributed by atoms with Crippen LogP contribution < -0.4 is 0 Å². The van der Waals surface area contributed by atoms with Crippen molar-refractivity contribution in [2.24, 2.45) is 0 Å². The molecule has 0 radical (unpaired) electrons. The maximum absolute atomic E-state index is 6.85. The SMILES string of the molecule is C1=C(c2ccccc2)SS2=C1C(C1=C(c3ccccc3)OS3=C1C=C(c1ccccc1)S3)=C(c1ccccc1)O2. The predicted octanol–water partition coefficient (Wildman–Crippen LogP) is 9.99. The Hall–Kier alpha value is -3.42. The second-order valence-corrected chi connectivity index (χ2v) is 15.6. The molecular formula is C34H22O2S4. The first kappa shape index (κ1) is 24.4. The Bertz CT molecular complexity index is 1710. The van der Waals surface area contributed by atoms with Crippen molar-refractivity contribution >= 4 is 72.2 Å². The maximum atomic E-state index is 6.85. The van der Waals surface area contributed by atoms with Crippen molar-refractivity contribution in [3.8, 4) is 0 Å². The quantitative estimate of drug-likeness (QED) is 0.170. The lowest BCUT2D eigenvalue weighted by Crippen LogP contribution is -2.08. The molecule has 6 heteroatoms. The van der Waals surface area contributed by atoms with Crippen molar-refractivity contribution < 1.29 is 8.37 Å². The van der Waals surface area contributed by atoms with Gasteiger partial charge < -0.3 is 8.37 Å². The maximum Gasteiger partial charge on any atom is 0.154 e. The van der Waals surface area contributed by atoms with Crippen LogP contribution in [0.15, 0.2) is 145 Å². The van der Waals surface area contributed by atoms with Crippen LogP contribution >= 0.6 is 41.2 Å². The summed E-state index contributed by atoms with van der Waals surface area (Å²) >= 11 is 0. The van der Waals surface area contributed by atoms with E-state index in [2.05, 4.69) is 133 Å². The van der Waals surface area contributed by atoms with Gasteiger partial charge in [-0.2, -0.15) is 0 Å². The summed E-state index contributed by atoms with van der Waals surface area (Å²) in [4.78, 5) is 4.96. The number of benzene rings is 4. The summed E-state index contributed by atoms with van der Waals surface area (Å²) in [5.74, 6) is 1.87. The Morgan fingerprint density at radius 3 is 1.07 bits per heavy atom. The number of hydrogen-bond acceptors (Lipinski definition) is 4. The van der Waals surface area contributed by atoms with Gasteiger partial charge in [0, 0.05) is 32.1 Å². The van der Waals surface area contributed by atoms with Crippen LogP contribution in [0.3, 0.4) is 0 Å². The van der Waals surface area contributed by atoms with Gasteiger partial charge in [0.05, 0.1) is 29.3 Å². The molecular weight excluding hydrogens is 569 g/mol. The van der Waals surface area contributed by atoms with Crippen LogP contribution in [0.2, 0.25) is 0 Å². The zero-order chi connectivity index (χ0) is 26.5. The van der Waals surface area contributed by atoms with Crippen LogP contribution in [-0.4, -0.2) is 9.73 Å². The van der Waals surface area contributed by atoms with E-state index < -0.39 is 19.6 Å². The van der Waals surface area contributed by atoms with Gasteiger partial charge in [-0.15, -0.1) is 0 Å². The summed E-state index contributed by atoms with van der Waals surface area (Å²) in [5, 5.41) is 0. The summed E-state index contributed by atoms with van der Waals surface area (Å²) < 4.78 is 13.7. The van der Waals surface area contributed by atoms with Gasteiger partial charge in [-0.25, -0.2) is 0 Å². The topological polar surface area (TPSA) is 18.5 Å². The minimum atomic E-state index is -0.440. The molecule has 4 aliphatic rings. The molecule has 0 N–H and O–H groups in total. The average molecular weight is 591 g/mol. The fourth-order valence-corrected chi connectivity index (χ4v) is 12.3. The third-order valence-corrected chi connectivity index (χ3v) is 13.8. The molecule has 8 rings (SSSR count). The van der Waals surface area contributed by atoms with E-state index in [0.29, 0.717) is 0 Å². The molecule has 0 amide bonds. The fourth-order valence-electron chi connectivity index (χ4n) is 5.03. The van der Waals surface area contributed by atoms with Crippen molar-refractivity contribution in [3.05, 3.63) is 167 Å². The number of allylic oxidation sites excluding steroid dienone is 4. The smallest absolute Gasteiger partial charge is 0.154 e. The molecule has 0 fully saturated rings. The lowest BCUT2D eigenvalue weighted by Gasteiger charge is -2.14. The van der Waals surface area contributed by atoms with E-state index in [4.69, 9.17) is 8.37 Å². The van der Waals surface area contributed by atoms with E-state index in [0.717, 1.165) is 33.8 Å². The van der Waals surface area contributed by atoms with E-state index in [1.165, 1.54) is 30.7 Å². The predicted molar refractivity (Wildman–Crippen MR) is 178 cm³/mol. The van der Waals surface area contributed by atoms with Crippen molar-refractivity contribution in [3.63, 3.8) is 0 Å². The highest BCUT2D eigenvalue weighted by Gasteiger charge is 2.41. The molecule has 40 heavy (non-hydrogen) atoms. The van der Waals surface area contributed by atoms with Crippen molar-refractivity contribution in [1.82, 2.24) is 0 Å². The molecule has 2 atom stereocenters. The average Bonchev–Trinajstić information content (AvgIpc) is 3.78. The number of rotatable bonds is 5. The van der Waals surface area contributed by atoms with Gasteiger partial charge in [-0.3, -0.25) is 0 Å². The van der Waals surface area contributed by atoms with Gasteiger partial charge in [0.2, 0.25) is 0 Å². The molecule has 2 nitrogen and oxygen atoms in total. The molecule has 194 valence electrons. The van der Waals surface area contributed by atoms with E-state index >= 15 is 0 Å². The van der Waals surface area contributed by atoms with Crippen molar-refractivity contribution in [1.29, 1.82) is 0 Å². The van der Waals surface area contributed by atoms with Crippen LogP contribution in [0.25, 0.3) is 21.3 Å². The van der Waals surface area contributed by atoms with Crippen LogP contribution in [0.4, 0.5) is 0 Å². The lowest BCUT2D eigenvalue weighted by molar-refractivity contribution is 0.607. The first-order chi connectivity index (χ1) is 19.8. The largest absolute Gasteiger partial charge is 0.421 e. The summed E-state index contributed by atoms with van der Waals surface area (Å²) in [6, 6.07) is 42.2. The van der Waals surface area contributed by atoms with Gasteiger partial charge in [-0.1, -0.05) is 121 Å². The zero-order valence-electron chi connectivity index (χ0n) is 21.2. The third kappa shape index (κ3) is 4.18. The third-order valence-electron chi connectivity index (χ3n) is 6.92. The first-order valence-electron chi connectivity index (χ1n) is 12.9. The number of hydrogen-bond donors (Lipinski definition) is 0. The fraction of sp³-hybridized carbons (Fsp3) is 0. The van der Waals surface area contributed by atoms with Gasteiger partial charge >= 0.3 is 0 Å². The molecule has 0 saturated carbocycles. The minimum Gasteiger partial charge on any atom is -0.421 e. The summed E-state index contributed by atoms with van der Waals surface area (Å²) in [6.07, 6.45) is 4.68. The molecule has 0 aromatic heterocycles. The monoisotopic (exact) mass is 590 g/mol. The van der Waals surface area contributed by atoms with E-state index in [1.807, 2.05) is 21.6 Å². The molecule has 4 aromatic rings. The van der Waals surface area contributed by atoms with Gasteiger partial charge in [0.1, 0.15) is 0 Å². The van der Waals surface area contributed by atoms with Crippen molar-refractivity contribution in [2.45, 2.75) is 0 Å². The molecule has 0 aliphatic carbocycles. The van der Waals surface area contributed by atoms with E-state index in [-0.39, 0.29) is 0 Å². The van der Waals surface area contributed by atoms with Crippen LogP contribution in [0.5, 0.6) is 0 Å². The Morgan fingerprint density at radius 2 is 0.725 bits per heavy atom. The minimum absolute atomic E-state index is 0.440. The Morgan fingerprint density at radius 1 is 0.400 bits per heavy atom. The zero-order valence-corrected chi connectivity index (χ0v) is 24.4. The standard InChI is InChI=1S/C34H22O2S4/c1-5-13-23(14-6-1)27-21-29-31(33(35-39(29)37-27)25-17-9-3-10-18-25)32-30-22-28(24-15-7-2-8-16-24)38-40(30)36-34(32)26-19-11-4-12-20-26/h1-22H. The highest BCUT2D eigenvalue weighted by molar-refractivity contribution is 8.86. The Balaban J connectivity index is 1.34. The van der Waals surface area contributed by atoms with Crippen molar-refractivity contribution in [2.75, 3.05) is 0 Å². The highest BCUT2D eigenvalue weighted by atomic mass is 33.1. The molecule has 0 spiro atoms. The second kappa shape index (κ2) is 10.2. The van der Waals surface area contributed by atoms with E-state index in [1.54, 1.807) is 0 Å². The van der Waals surface area contributed by atoms with Gasteiger partial charge in [0.25, 0.3) is 0 Å². The van der Waals surface area contributed by atoms with E-state index in [9.17, 15) is 0 Å². The highest BCUT2D eigenvalue weighted by Crippen LogP contribution is 2.62. The van der Waals surface area contributed by atoms with Crippen LogP contribution in [0, 0.1) is 0 Å². The Kier molecular flexibility index (Phi) is 6.22.